The van der Waals surface area contributed by atoms with Gasteiger partial charge in [0.05, 0.1) is 46.9 Å². The van der Waals surface area contributed by atoms with E-state index in [9.17, 15) is 4.79 Å². The highest BCUT2D eigenvalue weighted by atomic mass is 35.5. The number of amides is 1. The van der Waals surface area contributed by atoms with E-state index in [-0.39, 0.29) is 11.6 Å². The maximum atomic E-state index is 12.9. The lowest BCUT2D eigenvalue weighted by Crippen LogP contribution is -2.49. The van der Waals surface area contributed by atoms with Gasteiger partial charge in [0.15, 0.2) is 14.1 Å². The van der Waals surface area contributed by atoms with Gasteiger partial charge in [-0.3, -0.25) is 4.98 Å². The van der Waals surface area contributed by atoms with Gasteiger partial charge in [-0.2, -0.15) is 0 Å². The second kappa shape index (κ2) is 14.6. The maximum absolute atomic E-state index is 12.9. The van der Waals surface area contributed by atoms with Gasteiger partial charge in [-0.25, -0.2) is 14.8 Å². The Labute approximate surface area is 307 Å². The minimum atomic E-state index is -2.24. The van der Waals surface area contributed by atoms with Crippen LogP contribution in [0.4, 0.5) is 10.6 Å². The van der Waals surface area contributed by atoms with Crippen LogP contribution < -0.4 is 9.64 Å². The molecule has 0 bridgehead atoms. The molecule has 0 saturated heterocycles. The fraction of sp³-hybridized carbons (Fsp3) is 0.500. The number of hydrogen-bond acceptors (Lipinski definition) is 10. The zero-order chi connectivity index (χ0) is 37.5. The van der Waals surface area contributed by atoms with Gasteiger partial charge in [-0.1, -0.05) is 43.6 Å². The van der Waals surface area contributed by atoms with Crippen molar-refractivity contribution in [3.05, 3.63) is 69.8 Å². The Morgan fingerprint density at radius 2 is 1.80 bits per heavy atom. The molecule has 3 aromatic heterocycles. The van der Waals surface area contributed by atoms with Crippen molar-refractivity contribution in [3.63, 3.8) is 0 Å². The molecule has 4 aromatic rings. The molecule has 0 radical (unpaired) electrons. The van der Waals surface area contributed by atoms with Crippen molar-refractivity contribution in [2.24, 2.45) is 0 Å². The molecule has 11 nitrogen and oxygen atoms in total. The van der Waals surface area contributed by atoms with Crippen molar-refractivity contribution in [3.8, 4) is 28.4 Å². The summed E-state index contributed by atoms with van der Waals surface area (Å²) in [7, 11) is -0.523. The monoisotopic (exact) mass is 734 g/mol. The molecule has 274 valence electrons. The summed E-state index contributed by atoms with van der Waals surface area (Å²) >= 11 is 6.88. The van der Waals surface area contributed by atoms with Crippen LogP contribution in [0.5, 0.6) is 5.75 Å². The summed E-state index contributed by atoms with van der Waals surface area (Å²) in [5.74, 6) is 2.47. The first-order valence-corrected chi connectivity index (χ1v) is 20.6. The summed E-state index contributed by atoms with van der Waals surface area (Å²) in [6.07, 6.45) is 0.985. The highest BCUT2D eigenvalue weighted by molar-refractivity contribution is 6.74. The molecule has 0 N–H and O–H groups in total. The molecular weight excluding hydrogens is 684 g/mol. The molecule has 1 aromatic carbocycles. The summed E-state index contributed by atoms with van der Waals surface area (Å²) in [5.41, 5.74) is 5.39. The number of anilines is 1. The predicted molar refractivity (Wildman–Crippen MR) is 203 cm³/mol. The molecule has 1 amide bonds. The summed E-state index contributed by atoms with van der Waals surface area (Å²) in [4.78, 5) is 31.5. The fourth-order valence-electron chi connectivity index (χ4n) is 5.74. The zero-order valence-corrected chi connectivity index (χ0v) is 33.7. The molecule has 1 unspecified atom stereocenters. The van der Waals surface area contributed by atoms with Crippen LogP contribution in [0.3, 0.4) is 0 Å². The average molecular weight is 735 g/mol. The number of halogens is 1. The Morgan fingerprint density at radius 1 is 1.08 bits per heavy atom. The number of hydrogen-bond donors (Lipinski definition) is 0. The summed E-state index contributed by atoms with van der Waals surface area (Å²) in [5, 5.41) is 4.64. The molecule has 0 fully saturated rings. The van der Waals surface area contributed by atoms with Crippen molar-refractivity contribution >= 4 is 31.8 Å². The number of carbonyl (C=O) groups excluding carboxylic acids is 1. The number of pyridine rings is 1. The van der Waals surface area contributed by atoms with E-state index in [0.29, 0.717) is 47.6 Å². The molecule has 0 saturated carbocycles. The van der Waals surface area contributed by atoms with Gasteiger partial charge in [-0.15, -0.1) is 0 Å². The van der Waals surface area contributed by atoms with E-state index in [1.165, 1.54) is 0 Å². The predicted octanol–water partition coefficient (Wildman–Crippen LogP) is 8.93. The van der Waals surface area contributed by atoms with Crippen molar-refractivity contribution in [2.45, 2.75) is 105 Å². The van der Waals surface area contributed by atoms with E-state index in [1.807, 2.05) is 65.9 Å². The van der Waals surface area contributed by atoms with E-state index in [2.05, 4.69) is 55.0 Å². The smallest absolute Gasteiger partial charge is 0.410 e. The molecule has 4 heterocycles. The van der Waals surface area contributed by atoms with Gasteiger partial charge in [0, 0.05) is 30.9 Å². The molecule has 0 aliphatic carbocycles. The van der Waals surface area contributed by atoms with E-state index >= 15 is 0 Å². The van der Waals surface area contributed by atoms with Crippen LogP contribution in [0.25, 0.3) is 22.6 Å². The molecule has 1 aliphatic rings. The minimum Gasteiger partial charge on any atom is -0.491 e. The van der Waals surface area contributed by atoms with Crippen molar-refractivity contribution in [1.29, 1.82) is 0 Å². The molecule has 5 rings (SSSR count). The van der Waals surface area contributed by atoms with Gasteiger partial charge in [0.1, 0.15) is 29.5 Å². The Morgan fingerprint density at radius 3 is 2.43 bits per heavy atom. The lowest BCUT2D eigenvalue weighted by Gasteiger charge is -2.40. The van der Waals surface area contributed by atoms with Crippen molar-refractivity contribution < 1.29 is 23.2 Å². The highest BCUT2D eigenvalue weighted by Gasteiger charge is 2.40. The number of ether oxygens (including phenoxy) is 2. The normalized spacial score (nSPS) is 14.0. The number of aromatic nitrogens is 4. The molecule has 13 heteroatoms. The highest BCUT2D eigenvalue weighted by Crippen LogP contribution is 2.40. The Hall–Kier alpha value is -4.00. The SMILES string of the molecule is Cc1noc(C)c1-c1nc(-c2cc(OCC(CN(C)C(=O)OC(C)(C)C)O[Si](C)(C)C(C)(C)C)ccc2Cl)nc(N2Cc3cccnc3C2)c1C. The van der Waals surface area contributed by atoms with E-state index in [1.54, 1.807) is 18.0 Å². The lowest BCUT2D eigenvalue weighted by atomic mass is 10.0. The lowest BCUT2D eigenvalue weighted by molar-refractivity contribution is 0.0172. The van der Waals surface area contributed by atoms with Crippen LogP contribution >= 0.6 is 11.6 Å². The van der Waals surface area contributed by atoms with Crippen LogP contribution in [0.1, 0.15) is 69.8 Å². The number of benzene rings is 1. The van der Waals surface area contributed by atoms with Gasteiger partial charge in [0.25, 0.3) is 0 Å². The topological polar surface area (TPSA) is 116 Å². The third kappa shape index (κ3) is 8.73. The minimum absolute atomic E-state index is 0.0463. The van der Waals surface area contributed by atoms with Gasteiger partial charge < -0.3 is 28.2 Å². The summed E-state index contributed by atoms with van der Waals surface area (Å²) < 4.78 is 24.4. The third-order valence-electron chi connectivity index (χ3n) is 9.44. The second-order valence-electron chi connectivity index (χ2n) is 15.8. The fourth-order valence-corrected chi connectivity index (χ4v) is 7.27. The molecule has 1 atom stereocenters. The molecule has 51 heavy (non-hydrogen) atoms. The molecule has 0 spiro atoms. The van der Waals surface area contributed by atoms with Crippen LogP contribution in [0.15, 0.2) is 41.1 Å². The third-order valence-corrected chi connectivity index (χ3v) is 14.3. The van der Waals surface area contributed by atoms with Crippen molar-refractivity contribution in [2.75, 3.05) is 25.1 Å². The number of nitrogens with zero attached hydrogens (tertiary/aromatic N) is 6. The first-order chi connectivity index (χ1) is 23.7. The van der Waals surface area contributed by atoms with E-state index < -0.39 is 26.1 Å². The average Bonchev–Trinajstić information content (AvgIpc) is 3.61. The zero-order valence-electron chi connectivity index (χ0n) is 32.0. The molecular formula is C38H51ClN6O5Si. The largest absolute Gasteiger partial charge is 0.491 e. The van der Waals surface area contributed by atoms with Crippen LogP contribution in [-0.2, 0) is 22.3 Å². The van der Waals surface area contributed by atoms with Crippen LogP contribution in [0, 0.1) is 20.8 Å². The quantitative estimate of drug-likeness (QED) is 0.146. The number of fused-ring (bicyclic) bond motifs is 1. The Bertz CT molecular complexity index is 1860. The van der Waals surface area contributed by atoms with Gasteiger partial charge >= 0.3 is 6.09 Å². The van der Waals surface area contributed by atoms with Crippen LogP contribution in [0.2, 0.25) is 23.2 Å². The van der Waals surface area contributed by atoms with Gasteiger partial charge in [-0.05, 0) is 89.5 Å². The molecule has 1 aliphatic heterocycles. The first-order valence-electron chi connectivity index (χ1n) is 17.3. The maximum Gasteiger partial charge on any atom is 0.410 e. The number of carbonyl (C=O) groups is 1. The second-order valence-corrected chi connectivity index (χ2v) is 21.0. The Kier molecular flexibility index (Phi) is 10.9. The summed E-state index contributed by atoms with van der Waals surface area (Å²) in [6.45, 7) is 24.1. The van der Waals surface area contributed by atoms with E-state index in [0.717, 1.165) is 39.6 Å². The number of aryl methyl sites for hydroxylation is 2. The standard InChI is InChI=1S/C38H51ClN6O5Si/c1-23-33(32-24(2)43-49-25(32)3)41-34(42-35(23)45-19-26-14-13-17-40-31(26)21-45)29-18-27(15-16-30(29)39)47-22-28(50-51(11,12)38(7,8)9)20-44(10)36(46)48-37(4,5)6/h13-18,28H,19-22H2,1-12H3. The number of rotatable bonds is 10. The first kappa shape index (κ1) is 38.2. The van der Waals surface area contributed by atoms with E-state index in [4.69, 9.17) is 40.0 Å². The summed E-state index contributed by atoms with van der Waals surface area (Å²) in [6, 6.07) is 9.52. The van der Waals surface area contributed by atoms with Crippen LogP contribution in [-0.4, -0.2) is 71.3 Å². The Balaban J connectivity index is 1.49. The number of likely N-dealkylation sites (N-methyl/N-ethyl adjacent to an activating group) is 1. The van der Waals surface area contributed by atoms with Crippen molar-refractivity contribution in [1.82, 2.24) is 25.0 Å². The van der Waals surface area contributed by atoms with Gasteiger partial charge in [0.2, 0.25) is 0 Å².